The van der Waals surface area contributed by atoms with Crippen LogP contribution in [0.2, 0.25) is 0 Å². The second-order valence-corrected chi connectivity index (χ2v) is 12.5. The number of carbonyl (C=O) groups is 1. The molecule has 0 fully saturated rings. The lowest BCUT2D eigenvalue weighted by Gasteiger charge is -2.18. The molecule has 2 heterocycles. The van der Waals surface area contributed by atoms with Crippen LogP contribution in [0.15, 0.2) is 96.6 Å². The summed E-state index contributed by atoms with van der Waals surface area (Å²) in [5.41, 5.74) is 6.33. The second kappa shape index (κ2) is 13.6. The number of esters is 1. The molecule has 0 saturated heterocycles. The highest BCUT2D eigenvalue weighted by atomic mass is 32.2. The molecule has 8 nitrogen and oxygen atoms in total. The normalized spacial score (nSPS) is 15.2. The average molecular weight is 679 g/mol. The zero-order valence-electron chi connectivity index (χ0n) is 27.5. The maximum atomic E-state index is 14.9. The lowest BCUT2D eigenvalue weighted by Crippen LogP contribution is -2.15. The van der Waals surface area contributed by atoms with Gasteiger partial charge in [0, 0.05) is 6.54 Å². The van der Waals surface area contributed by atoms with Gasteiger partial charge in [-0.2, -0.15) is 0 Å². The van der Waals surface area contributed by atoms with Crippen LogP contribution in [0.5, 0.6) is 23.0 Å². The van der Waals surface area contributed by atoms with Gasteiger partial charge < -0.3 is 28.4 Å². The molecule has 0 radical (unpaired) electrons. The van der Waals surface area contributed by atoms with Gasteiger partial charge in [-0.1, -0.05) is 54.6 Å². The topological polar surface area (TPSA) is 78.5 Å². The summed E-state index contributed by atoms with van der Waals surface area (Å²) in [6, 6.07) is 29.1. The van der Waals surface area contributed by atoms with Crippen molar-refractivity contribution >= 4 is 45.8 Å². The summed E-state index contributed by atoms with van der Waals surface area (Å²) < 4.78 is 48.5. The standard InChI is InChI=1S/C39H35FN2O6S/c1-44-33-15-13-27(21-30(33)40)37-29(18-23-19-34(45-2)38(47-4)35(20-23)46-3)36(39(43)48-37)26-12-14-32-31(22-26)41-49-42(32)17-16-25-10-7-9-24-8-5-6-11-28(24)25/h5-15,19-22,37,41H,16-18H2,1-4H3. The number of fused-ring (bicyclic) bond motifs is 2. The maximum Gasteiger partial charge on any atom is 0.339 e. The fourth-order valence-electron chi connectivity index (χ4n) is 6.60. The summed E-state index contributed by atoms with van der Waals surface area (Å²) in [6.45, 7) is 0.792. The van der Waals surface area contributed by atoms with Crippen molar-refractivity contribution in [3.63, 3.8) is 0 Å². The summed E-state index contributed by atoms with van der Waals surface area (Å²) >= 11 is 1.52. The molecule has 49 heavy (non-hydrogen) atoms. The van der Waals surface area contributed by atoms with E-state index in [9.17, 15) is 9.18 Å². The predicted octanol–water partition coefficient (Wildman–Crippen LogP) is 8.35. The second-order valence-electron chi connectivity index (χ2n) is 11.7. The number of hydrogen-bond acceptors (Lipinski definition) is 9. The Kier molecular flexibility index (Phi) is 8.97. The molecule has 1 unspecified atom stereocenters. The van der Waals surface area contributed by atoms with E-state index in [2.05, 4.69) is 51.5 Å². The minimum Gasteiger partial charge on any atom is -0.494 e. The Bertz CT molecular complexity index is 2070. The Morgan fingerprint density at radius 1 is 0.837 bits per heavy atom. The van der Waals surface area contributed by atoms with Gasteiger partial charge in [0.05, 0.1) is 57.5 Å². The number of methoxy groups -OCH3 is 4. The molecule has 5 aromatic carbocycles. The molecule has 0 amide bonds. The summed E-state index contributed by atoms with van der Waals surface area (Å²) in [7, 11) is 6.06. The third-order valence-electron chi connectivity index (χ3n) is 8.95. The van der Waals surface area contributed by atoms with Crippen molar-refractivity contribution in [2.24, 2.45) is 0 Å². The van der Waals surface area contributed by atoms with E-state index >= 15 is 0 Å². The van der Waals surface area contributed by atoms with Crippen LogP contribution >= 0.6 is 12.1 Å². The Morgan fingerprint density at radius 2 is 1.59 bits per heavy atom. The van der Waals surface area contributed by atoms with Crippen LogP contribution in [-0.2, 0) is 22.4 Å². The van der Waals surface area contributed by atoms with Gasteiger partial charge in [0.1, 0.15) is 6.10 Å². The van der Waals surface area contributed by atoms with E-state index in [0.29, 0.717) is 45.9 Å². The summed E-state index contributed by atoms with van der Waals surface area (Å²) in [4.78, 5) is 13.7. The number of anilines is 2. The monoisotopic (exact) mass is 678 g/mol. The molecule has 0 saturated carbocycles. The molecular formula is C39H35FN2O6S. The molecule has 0 aromatic heterocycles. The van der Waals surface area contributed by atoms with Crippen LogP contribution in [0.1, 0.15) is 28.4 Å². The highest BCUT2D eigenvalue weighted by molar-refractivity contribution is 8.02. The SMILES string of the molecule is COc1ccc(C2OC(=O)C(c3ccc4c(c3)NSN4CCc3cccc4ccccc34)=C2Cc2cc(OC)c(OC)c(OC)c2)cc1F. The van der Waals surface area contributed by atoms with Crippen LogP contribution < -0.4 is 28.0 Å². The fraction of sp³-hybridized carbons (Fsp3) is 0.205. The number of nitrogens with one attached hydrogen (secondary N) is 1. The smallest absolute Gasteiger partial charge is 0.339 e. The number of nitrogens with zero attached hydrogens (tertiary/aromatic N) is 1. The molecule has 1 atom stereocenters. The van der Waals surface area contributed by atoms with E-state index in [1.165, 1.54) is 47.7 Å². The van der Waals surface area contributed by atoms with Crippen molar-refractivity contribution in [1.29, 1.82) is 0 Å². The Morgan fingerprint density at radius 3 is 2.33 bits per heavy atom. The summed E-state index contributed by atoms with van der Waals surface area (Å²) in [6.07, 6.45) is 0.343. The third-order valence-corrected chi connectivity index (χ3v) is 9.86. The van der Waals surface area contributed by atoms with Gasteiger partial charge in [-0.15, -0.1) is 0 Å². The molecule has 7 rings (SSSR count). The highest BCUT2D eigenvalue weighted by Crippen LogP contribution is 2.47. The van der Waals surface area contributed by atoms with Gasteiger partial charge in [-0.25, -0.2) is 9.18 Å². The van der Waals surface area contributed by atoms with E-state index in [1.807, 2.05) is 30.3 Å². The highest BCUT2D eigenvalue weighted by Gasteiger charge is 2.37. The first-order chi connectivity index (χ1) is 23.9. The quantitative estimate of drug-likeness (QED) is 0.110. The molecule has 5 aromatic rings. The van der Waals surface area contributed by atoms with Gasteiger partial charge in [-0.05, 0) is 87.8 Å². The number of cyclic esters (lactones) is 1. The number of halogens is 1. The maximum absolute atomic E-state index is 14.9. The molecule has 250 valence electrons. The molecule has 0 aliphatic carbocycles. The zero-order valence-corrected chi connectivity index (χ0v) is 28.4. The summed E-state index contributed by atoms with van der Waals surface area (Å²) in [5.74, 6) is 0.511. The first kappa shape index (κ1) is 32.2. The van der Waals surface area contributed by atoms with Gasteiger partial charge in [0.25, 0.3) is 0 Å². The van der Waals surface area contributed by atoms with Crippen LogP contribution in [-0.4, -0.2) is 41.0 Å². The van der Waals surface area contributed by atoms with Crippen molar-refractivity contribution < 1.29 is 32.9 Å². The largest absolute Gasteiger partial charge is 0.494 e. The third kappa shape index (κ3) is 6.08. The number of hydrogen-bond donors (Lipinski definition) is 1. The van der Waals surface area contributed by atoms with Crippen LogP contribution in [0.3, 0.4) is 0 Å². The minimum atomic E-state index is -0.824. The van der Waals surface area contributed by atoms with E-state index in [0.717, 1.165) is 29.9 Å². The number of ether oxygens (including phenoxy) is 5. The summed E-state index contributed by atoms with van der Waals surface area (Å²) in [5, 5.41) is 2.49. The lowest BCUT2D eigenvalue weighted by molar-refractivity contribution is -0.138. The van der Waals surface area contributed by atoms with Gasteiger partial charge in [0.15, 0.2) is 23.1 Å². The Labute approximate surface area is 288 Å². The number of benzene rings is 5. The Hall–Kier alpha value is -5.35. The Balaban J connectivity index is 1.25. The lowest BCUT2D eigenvalue weighted by atomic mass is 9.90. The number of rotatable bonds is 11. The van der Waals surface area contributed by atoms with Crippen molar-refractivity contribution in [3.05, 3.63) is 125 Å². The van der Waals surface area contributed by atoms with Crippen molar-refractivity contribution in [1.82, 2.24) is 0 Å². The minimum absolute atomic E-state index is 0.107. The average Bonchev–Trinajstić information content (AvgIpc) is 3.69. The molecular weight excluding hydrogens is 644 g/mol. The van der Waals surface area contributed by atoms with E-state index in [1.54, 1.807) is 27.4 Å². The van der Waals surface area contributed by atoms with Crippen molar-refractivity contribution in [2.45, 2.75) is 18.9 Å². The number of carbonyl (C=O) groups excluding carboxylic acids is 1. The fourth-order valence-corrected chi connectivity index (χ4v) is 7.41. The van der Waals surface area contributed by atoms with Crippen molar-refractivity contribution in [3.8, 4) is 23.0 Å². The van der Waals surface area contributed by atoms with Crippen molar-refractivity contribution in [2.75, 3.05) is 44.0 Å². The predicted molar refractivity (Wildman–Crippen MR) is 191 cm³/mol. The molecule has 2 aliphatic rings. The van der Waals surface area contributed by atoms with Gasteiger partial charge in [-0.3, -0.25) is 4.31 Å². The molecule has 1 N–H and O–H groups in total. The molecule has 0 bridgehead atoms. The molecule has 2 aliphatic heterocycles. The first-order valence-electron chi connectivity index (χ1n) is 15.8. The molecule has 0 spiro atoms. The molecule has 10 heteroatoms. The van der Waals surface area contributed by atoms with Gasteiger partial charge >= 0.3 is 5.97 Å². The van der Waals surface area contributed by atoms with E-state index in [4.69, 9.17) is 23.7 Å². The van der Waals surface area contributed by atoms with Gasteiger partial charge in [0.2, 0.25) is 5.75 Å². The van der Waals surface area contributed by atoms with E-state index < -0.39 is 17.9 Å². The van der Waals surface area contributed by atoms with Crippen LogP contribution in [0.4, 0.5) is 15.8 Å². The zero-order chi connectivity index (χ0) is 34.1. The van der Waals surface area contributed by atoms with Crippen LogP contribution in [0, 0.1) is 5.82 Å². The van der Waals surface area contributed by atoms with E-state index in [-0.39, 0.29) is 5.75 Å². The van der Waals surface area contributed by atoms with Crippen LogP contribution in [0.25, 0.3) is 16.3 Å². The first-order valence-corrected chi connectivity index (χ1v) is 16.6.